The van der Waals surface area contributed by atoms with Crippen molar-refractivity contribution in [3.63, 3.8) is 0 Å². The van der Waals surface area contributed by atoms with Gasteiger partial charge in [0.25, 0.3) is 0 Å². The highest BCUT2D eigenvalue weighted by Crippen LogP contribution is 2.46. The van der Waals surface area contributed by atoms with Crippen molar-refractivity contribution < 1.29 is 5.11 Å². The van der Waals surface area contributed by atoms with Gasteiger partial charge in [-0.05, 0) is 24.2 Å². The number of rotatable bonds is 0. The zero-order valence-corrected chi connectivity index (χ0v) is 7.52. The second kappa shape index (κ2) is 2.25. The van der Waals surface area contributed by atoms with Gasteiger partial charge in [0.2, 0.25) is 0 Å². The summed E-state index contributed by atoms with van der Waals surface area (Å²) in [6.07, 6.45) is 7.03. The maximum absolute atomic E-state index is 9.87. The Morgan fingerprint density at radius 3 is 2.27 bits per heavy atom. The zero-order chi connectivity index (χ0) is 8.70. The van der Waals surface area contributed by atoms with Gasteiger partial charge in [-0.1, -0.05) is 26.7 Å². The molecule has 0 aromatic heterocycles. The number of hydrogen-bond acceptors (Lipinski definition) is 1. The predicted molar refractivity (Wildman–Crippen MR) is 46.0 cm³/mol. The van der Waals surface area contributed by atoms with Crippen molar-refractivity contribution in [1.82, 2.24) is 0 Å². The standard InChI is InChI=1S/C10H16O/c1-5-10(11)7-9(3,4)6-8(10)2/h1,8,11H,6-7H2,2-4H3. The maximum Gasteiger partial charge on any atom is 0.128 e. The lowest BCUT2D eigenvalue weighted by atomic mass is 9.89. The van der Waals surface area contributed by atoms with Crippen LogP contribution in [0.15, 0.2) is 0 Å². The molecule has 0 aromatic carbocycles. The Labute approximate surface area is 68.8 Å². The van der Waals surface area contributed by atoms with E-state index in [9.17, 15) is 5.11 Å². The smallest absolute Gasteiger partial charge is 0.128 e. The first kappa shape index (κ1) is 8.62. The molecule has 0 amide bonds. The second-order valence-electron chi connectivity index (χ2n) is 4.51. The Balaban J connectivity index is 2.84. The highest BCUT2D eigenvalue weighted by Gasteiger charge is 2.46. The van der Waals surface area contributed by atoms with Crippen LogP contribution in [0.4, 0.5) is 0 Å². The normalized spacial score (nSPS) is 41.9. The average Bonchev–Trinajstić information content (AvgIpc) is 2.03. The van der Waals surface area contributed by atoms with Gasteiger partial charge in [0.15, 0.2) is 0 Å². The van der Waals surface area contributed by atoms with Crippen LogP contribution in [-0.2, 0) is 0 Å². The highest BCUT2D eigenvalue weighted by atomic mass is 16.3. The fourth-order valence-electron chi connectivity index (χ4n) is 2.17. The predicted octanol–water partition coefficient (Wildman–Crippen LogP) is 1.81. The number of aliphatic hydroxyl groups is 1. The molecule has 0 saturated heterocycles. The van der Waals surface area contributed by atoms with E-state index < -0.39 is 5.60 Å². The van der Waals surface area contributed by atoms with Crippen molar-refractivity contribution in [2.45, 2.75) is 39.2 Å². The number of terminal acetylenes is 1. The Hall–Kier alpha value is -0.480. The van der Waals surface area contributed by atoms with Gasteiger partial charge < -0.3 is 5.11 Å². The van der Waals surface area contributed by atoms with Crippen molar-refractivity contribution in [3.8, 4) is 12.3 Å². The third-order valence-electron chi connectivity index (χ3n) is 2.67. The Bertz CT molecular complexity index is 199. The first-order valence-corrected chi connectivity index (χ1v) is 4.10. The third-order valence-corrected chi connectivity index (χ3v) is 2.67. The fourth-order valence-corrected chi connectivity index (χ4v) is 2.17. The van der Waals surface area contributed by atoms with E-state index in [-0.39, 0.29) is 11.3 Å². The van der Waals surface area contributed by atoms with Crippen molar-refractivity contribution in [1.29, 1.82) is 0 Å². The van der Waals surface area contributed by atoms with Crippen LogP contribution in [0.3, 0.4) is 0 Å². The van der Waals surface area contributed by atoms with Crippen LogP contribution >= 0.6 is 0 Å². The van der Waals surface area contributed by atoms with Gasteiger partial charge in [-0.3, -0.25) is 0 Å². The summed E-state index contributed by atoms with van der Waals surface area (Å²) in [5, 5.41) is 9.87. The van der Waals surface area contributed by atoms with Crippen molar-refractivity contribution in [2.75, 3.05) is 0 Å². The second-order valence-corrected chi connectivity index (χ2v) is 4.51. The third kappa shape index (κ3) is 1.41. The molecular formula is C10H16O. The summed E-state index contributed by atoms with van der Waals surface area (Å²) in [6.45, 7) is 6.33. The Morgan fingerprint density at radius 1 is 1.55 bits per heavy atom. The zero-order valence-electron chi connectivity index (χ0n) is 7.52. The SMILES string of the molecule is C#CC1(O)CC(C)(C)CC1C. The molecule has 0 radical (unpaired) electrons. The lowest BCUT2D eigenvalue weighted by molar-refractivity contribution is 0.0633. The molecule has 0 spiro atoms. The van der Waals surface area contributed by atoms with Crippen molar-refractivity contribution in [2.24, 2.45) is 11.3 Å². The largest absolute Gasteiger partial charge is 0.377 e. The fraction of sp³-hybridized carbons (Fsp3) is 0.800. The molecule has 2 unspecified atom stereocenters. The van der Waals surface area contributed by atoms with Gasteiger partial charge >= 0.3 is 0 Å². The molecule has 1 saturated carbocycles. The molecule has 1 aliphatic carbocycles. The van der Waals surface area contributed by atoms with E-state index in [1.165, 1.54) is 0 Å². The monoisotopic (exact) mass is 152 g/mol. The van der Waals surface area contributed by atoms with Gasteiger partial charge in [-0.15, -0.1) is 6.42 Å². The van der Waals surface area contributed by atoms with E-state index >= 15 is 0 Å². The molecule has 62 valence electrons. The van der Waals surface area contributed by atoms with Crippen LogP contribution in [0.5, 0.6) is 0 Å². The molecule has 1 heteroatoms. The molecule has 1 fully saturated rings. The lowest BCUT2D eigenvalue weighted by Gasteiger charge is -2.21. The molecule has 0 aromatic rings. The van der Waals surface area contributed by atoms with E-state index in [0.717, 1.165) is 12.8 Å². The van der Waals surface area contributed by atoms with Gasteiger partial charge in [-0.2, -0.15) is 0 Å². The molecular weight excluding hydrogens is 136 g/mol. The first-order valence-electron chi connectivity index (χ1n) is 4.10. The van der Waals surface area contributed by atoms with Crippen LogP contribution in [0, 0.1) is 23.7 Å². The molecule has 1 aliphatic rings. The molecule has 0 aliphatic heterocycles. The van der Waals surface area contributed by atoms with E-state index in [1.54, 1.807) is 0 Å². The summed E-state index contributed by atoms with van der Waals surface area (Å²) in [5.41, 5.74) is -0.635. The summed E-state index contributed by atoms with van der Waals surface area (Å²) >= 11 is 0. The minimum absolute atomic E-state index is 0.209. The summed E-state index contributed by atoms with van der Waals surface area (Å²) in [7, 11) is 0. The molecule has 11 heavy (non-hydrogen) atoms. The average molecular weight is 152 g/mol. The van der Waals surface area contributed by atoms with Crippen molar-refractivity contribution >= 4 is 0 Å². The molecule has 1 nitrogen and oxygen atoms in total. The Morgan fingerprint density at radius 2 is 2.09 bits per heavy atom. The Kier molecular flexibility index (Phi) is 1.76. The van der Waals surface area contributed by atoms with Gasteiger partial charge in [-0.25, -0.2) is 0 Å². The van der Waals surface area contributed by atoms with E-state index in [1.807, 2.05) is 6.92 Å². The number of hydrogen-bond donors (Lipinski definition) is 1. The molecule has 0 bridgehead atoms. The topological polar surface area (TPSA) is 20.2 Å². The van der Waals surface area contributed by atoms with E-state index in [2.05, 4.69) is 19.8 Å². The van der Waals surface area contributed by atoms with Gasteiger partial charge in [0.1, 0.15) is 5.60 Å². The highest BCUT2D eigenvalue weighted by molar-refractivity contribution is 5.15. The van der Waals surface area contributed by atoms with Crippen LogP contribution in [-0.4, -0.2) is 10.7 Å². The summed E-state index contributed by atoms with van der Waals surface area (Å²) in [4.78, 5) is 0. The van der Waals surface area contributed by atoms with Gasteiger partial charge in [0.05, 0.1) is 0 Å². The van der Waals surface area contributed by atoms with Crippen LogP contribution < -0.4 is 0 Å². The lowest BCUT2D eigenvalue weighted by Crippen LogP contribution is -2.29. The van der Waals surface area contributed by atoms with E-state index in [4.69, 9.17) is 6.42 Å². The summed E-state index contributed by atoms with van der Waals surface area (Å²) in [5.74, 6) is 2.74. The molecule has 1 N–H and O–H groups in total. The summed E-state index contributed by atoms with van der Waals surface area (Å²) in [6, 6.07) is 0. The quantitative estimate of drug-likeness (QED) is 0.525. The molecule has 1 rings (SSSR count). The molecule has 2 atom stereocenters. The maximum atomic E-state index is 9.87. The summed E-state index contributed by atoms with van der Waals surface area (Å²) < 4.78 is 0. The minimum atomic E-state index is -0.844. The first-order chi connectivity index (χ1) is 4.90. The van der Waals surface area contributed by atoms with Crippen molar-refractivity contribution in [3.05, 3.63) is 0 Å². The van der Waals surface area contributed by atoms with Crippen LogP contribution in [0.1, 0.15) is 33.6 Å². The van der Waals surface area contributed by atoms with E-state index in [0.29, 0.717) is 0 Å². The minimum Gasteiger partial charge on any atom is -0.377 e. The molecule has 0 heterocycles. The van der Waals surface area contributed by atoms with Crippen LogP contribution in [0.2, 0.25) is 0 Å². The van der Waals surface area contributed by atoms with Crippen LogP contribution in [0.25, 0.3) is 0 Å². The van der Waals surface area contributed by atoms with Gasteiger partial charge in [0, 0.05) is 0 Å².